The number of hydrogen-bond acceptors (Lipinski definition) is 5. The van der Waals surface area contributed by atoms with E-state index in [1.54, 1.807) is 13.2 Å². The van der Waals surface area contributed by atoms with Crippen LogP contribution in [0.15, 0.2) is 23.0 Å². The largest absolute Gasteiger partial charge is 0.497 e. The van der Waals surface area contributed by atoms with Crippen molar-refractivity contribution < 1.29 is 4.74 Å². The van der Waals surface area contributed by atoms with Crippen molar-refractivity contribution in [2.45, 2.75) is 12.8 Å². The first-order valence-electron chi connectivity index (χ1n) is 7.29. The lowest BCUT2D eigenvalue weighted by Gasteiger charge is -2.22. The number of H-pyrrole nitrogens is 1. The van der Waals surface area contributed by atoms with E-state index in [2.05, 4.69) is 20.6 Å². The van der Waals surface area contributed by atoms with Crippen molar-refractivity contribution >= 4 is 29.3 Å². The number of halogens is 1. The van der Waals surface area contributed by atoms with Crippen molar-refractivity contribution in [1.29, 1.82) is 0 Å². The average Bonchev–Trinajstić information content (AvgIpc) is 2.54. The summed E-state index contributed by atoms with van der Waals surface area (Å²) in [7, 11) is 1.58. The van der Waals surface area contributed by atoms with Crippen LogP contribution in [0.25, 0.3) is 10.9 Å². The maximum atomic E-state index is 12.1. The minimum atomic E-state index is -0.240. The van der Waals surface area contributed by atoms with Crippen molar-refractivity contribution in [3.05, 3.63) is 28.6 Å². The van der Waals surface area contributed by atoms with Crippen molar-refractivity contribution in [2.24, 2.45) is 5.92 Å². The summed E-state index contributed by atoms with van der Waals surface area (Å²) in [6, 6.07) is 5.37. The molecule has 1 aromatic carbocycles. The number of nitrogens with zero attached hydrogens (tertiary/aromatic N) is 1. The Morgan fingerprint density at radius 3 is 2.86 bits per heavy atom. The first-order valence-corrected chi connectivity index (χ1v) is 7.29. The number of ether oxygens (including phenoxy) is 1. The Kier molecular flexibility index (Phi) is 5.63. The number of nitrogens with one attached hydrogen (secondary N) is 3. The number of rotatable bonds is 4. The van der Waals surface area contributed by atoms with E-state index in [-0.39, 0.29) is 18.0 Å². The van der Waals surface area contributed by atoms with Crippen LogP contribution in [0.1, 0.15) is 12.8 Å². The van der Waals surface area contributed by atoms with E-state index in [0.717, 1.165) is 38.0 Å². The second-order valence-electron chi connectivity index (χ2n) is 5.38. The Bertz CT molecular complexity index is 683. The maximum absolute atomic E-state index is 12.1. The van der Waals surface area contributed by atoms with Crippen molar-refractivity contribution in [3.63, 3.8) is 0 Å². The fourth-order valence-electron chi connectivity index (χ4n) is 2.66. The fourth-order valence-corrected chi connectivity index (χ4v) is 2.66. The maximum Gasteiger partial charge on any atom is 0.282 e. The number of methoxy groups -OCH3 is 1. The van der Waals surface area contributed by atoms with Gasteiger partial charge in [0.1, 0.15) is 5.75 Å². The lowest BCUT2D eigenvalue weighted by molar-refractivity contribution is 0.389. The lowest BCUT2D eigenvalue weighted by Crippen LogP contribution is -2.31. The normalized spacial score (nSPS) is 15.3. The Morgan fingerprint density at radius 1 is 1.36 bits per heavy atom. The zero-order valence-electron chi connectivity index (χ0n) is 12.5. The molecule has 0 aliphatic carbocycles. The molecule has 0 saturated carbocycles. The Labute approximate surface area is 135 Å². The van der Waals surface area contributed by atoms with Crippen molar-refractivity contribution in [2.75, 3.05) is 32.1 Å². The summed E-state index contributed by atoms with van der Waals surface area (Å²) in [6.07, 6.45) is 2.31. The highest BCUT2D eigenvalue weighted by Gasteiger charge is 2.13. The molecule has 7 heteroatoms. The molecule has 2 heterocycles. The third-order valence-corrected chi connectivity index (χ3v) is 3.94. The van der Waals surface area contributed by atoms with Gasteiger partial charge in [-0.2, -0.15) is 4.98 Å². The molecule has 0 atom stereocenters. The molecule has 3 N–H and O–H groups in total. The molecule has 0 unspecified atom stereocenters. The van der Waals surface area contributed by atoms with Crippen LogP contribution in [0.2, 0.25) is 0 Å². The van der Waals surface area contributed by atoms with Crippen molar-refractivity contribution in [3.8, 4) is 5.75 Å². The molecule has 1 fully saturated rings. The van der Waals surface area contributed by atoms with Crippen LogP contribution in [0.3, 0.4) is 0 Å². The van der Waals surface area contributed by atoms with E-state index < -0.39 is 0 Å². The number of aromatic amines is 1. The average molecular weight is 325 g/mol. The van der Waals surface area contributed by atoms with Gasteiger partial charge < -0.3 is 20.4 Å². The standard InChI is InChI=1S/C15H20N4O2.ClH/c1-21-11-2-3-13-12(8-11)14(20)19-15(18-13)17-9-10-4-6-16-7-5-10;/h2-3,8,10,16H,4-7,9H2,1H3,(H2,17,18,19,20);1H. The van der Waals surface area contributed by atoms with E-state index >= 15 is 0 Å². The summed E-state index contributed by atoms with van der Waals surface area (Å²) in [5.74, 6) is 1.82. The van der Waals surface area contributed by atoms with Crippen LogP contribution in [0.4, 0.5) is 5.95 Å². The molecular formula is C15H21ClN4O2. The van der Waals surface area contributed by atoms with Crippen LogP contribution >= 0.6 is 12.4 Å². The van der Waals surface area contributed by atoms with Gasteiger partial charge in [-0.3, -0.25) is 4.79 Å². The van der Waals surface area contributed by atoms with Gasteiger partial charge in [0.2, 0.25) is 5.95 Å². The van der Waals surface area contributed by atoms with Gasteiger partial charge in [0.15, 0.2) is 0 Å². The molecule has 1 saturated heterocycles. The third kappa shape index (κ3) is 3.69. The van der Waals surface area contributed by atoms with Gasteiger partial charge >= 0.3 is 0 Å². The number of benzene rings is 1. The molecule has 120 valence electrons. The van der Waals surface area contributed by atoms with Crippen LogP contribution in [-0.4, -0.2) is 36.7 Å². The Morgan fingerprint density at radius 2 is 2.14 bits per heavy atom. The second kappa shape index (κ2) is 7.47. The molecular weight excluding hydrogens is 304 g/mol. The van der Waals surface area contributed by atoms with Gasteiger partial charge in [0.05, 0.1) is 18.0 Å². The summed E-state index contributed by atoms with van der Waals surface area (Å²) in [4.78, 5) is 19.3. The van der Waals surface area contributed by atoms with E-state index in [1.165, 1.54) is 0 Å². The molecule has 6 nitrogen and oxygen atoms in total. The summed E-state index contributed by atoms with van der Waals surface area (Å²) in [6.45, 7) is 2.97. The molecule has 22 heavy (non-hydrogen) atoms. The minimum Gasteiger partial charge on any atom is -0.497 e. The smallest absolute Gasteiger partial charge is 0.282 e. The summed E-state index contributed by atoms with van der Waals surface area (Å²) >= 11 is 0. The highest BCUT2D eigenvalue weighted by Crippen LogP contribution is 2.17. The second-order valence-corrected chi connectivity index (χ2v) is 5.38. The SMILES string of the molecule is COc1ccc2[nH]c(NCC3CCNCC3)nc(=O)c2c1.Cl. The van der Waals surface area contributed by atoms with Crippen LogP contribution in [0, 0.1) is 5.92 Å². The molecule has 1 aromatic heterocycles. The molecule has 1 aliphatic rings. The van der Waals surface area contributed by atoms with Gasteiger partial charge in [0, 0.05) is 6.54 Å². The molecule has 3 rings (SSSR count). The Balaban J connectivity index is 0.00000176. The van der Waals surface area contributed by atoms with E-state index in [4.69, 9.17) is 4.74 Å². The summed E-state index contributed by atoms with van der Waals surface area (Å²) < 4.78 is 5.13. The Hall–Kier alpha value is -1.79. The van der Waals surface area contributed by atoms with Crippen LogP contribution in [0.5, 0.6) is 5.75 Å². The highest BCUT2D eigenvalue weighted by molar-refractivity contribution is 5.85. The van der Waals surface area contributed by atoms with Gasteiger partial charge in [-0.25, -0.2) is 0 Å². The van der Waals surface area contributed by atoms with E-state index in [1.807, 2.05) is 12.1 Å². The van der Waals surface area contributed by atoms with Crippen molar-refractivity contribution in [1.82, 2.24) is 15.3 Å². The summed E-state index contributed by atoms with van der Waals surface area (Å²) in [5, 5.41) is 7.14. The number of aromatic nitrogens is 2. The van der Waals surface area contributed by atoms with Crippen LogP contribution in [-0.2, 0) is 0 Å². The van der Waals surface area contributed by atoms with E-state index in [0.29, 0.717) is 23.0 Å². The van der Waals surface area contributed by atoms with Gasteiger partial charge in [-0.05, 0) is 50.0 Å². The topological polar surface area (TPSA) is 79.0 Å². The lowest BCUT2D eigenvalue weighted by atomic mass is 9.98. The highest BCUT2D eigenvalue weighted by atomic mass is 35.5. The molecule has 1 aliphatic heterocycles. The number of fused-ring (bicyclic) bond motifs is 1. The number of hydrogen-bond donors (Lipinski definition) is 3. The molecule has 0 amide bonds. The first kappa shape index (κ1) is 16.6. The van der Waals surface area contributed by atoms with Gasteiger partial charge in [-0.15, -0.1) is 12.4 Å². The number of anilines is 1. The molecule has 0 radical (unpaired) electrons. The monoisotopic (exact) mass is 324 g/mol. The minimum absolute atomic E-state index is 0. The zero-order valence-corrected chi connectivity index (χ0v) is 13.3. The quantitative estimate of drug-likeness (QED) is 0.798. The van der Waals surface area contributed by atoms with Crippen LogP contribution < -0.4 is 20.9 Å². The first-order chi connectivity index (χ1) is 10.3. The van der Waals surface area contributed by atoms with Gasteiger partial charge in [-0.1, -0.05) is 0 Å². The molecule has 0 bridgehead atoms. The molecule has 2 aromatic rings. The van der Waals surface area contributed by atoms with E-state index in [9.17, 15) is 4.79 Å². The summed E-state index contributed by atoms with van der Waals surface area (Å²) in [5.41, 5.74) is 0.527. The number of piperidine rings is 1. The predicted molar refractivity (Wildman–Crippen MR) is 90.2 cm³/mol. The van der Waals surface area contributed by atoms with Gasteiger partial charge in [0.25, 0.3) is 5.56 Å². The molecule has 0 spiro atoms. The fraction of sp³-hybridized carbons (Fsp3) is 0.467. The predicted octanol–water partition coefficient (Wildman–Crippen LogP) is 1.76. The zero-order chi connectivity index (χ0) is 14.7. The third-order valence-electron chi connectivity index (χ3n) is 3.94.